The zero-order valence-electron chi connectivity index (χ0n) is 12.5. The molecule has 2 fully saturated rings. The van der Waals surface area contributed by atoms with Crippen molar-refractivity contribution in [3.8, 4) is 0 Å². The smallest absolute Gasteiger partial charge is 0.333 e. The second kappa shape index (κ2) is 5.98. The molecule has 1 unspecified atom stereocenters. The Labute approximate surface area is 132 Å². The van der Waals surface area contributed by atoms with Crippen LogP contribution in [0.1, 0.15) is 32.1 Å². The molecule has 0 radical (unpaired) electrons. The lowest BCUT2D eigenvalue weighted by Gasteiger charge is -2.12. The number of hydrogen-bond donors (Lipinski definition) is 0. The van der Waals surface area contributed by atoms with Crippen LogP contribution in [0.25, 0.3) is 0 Å². The molecule has 0 aromatic rings. The van der Waals surface area contributed by atoms with Gasteiger partial charge < -0.3 is 9.57 Å². The Hall–Kier alpha value is -2.44. The van der Waals surface area contributed by atoms with Crippen LogP contribution in [0.5, 0.6) is 0 Å². The average molecular weight is 319 g/mol. The number of hydroxylamine groups is 2. The van der Waals surface area contributed by atoms with E-state index in [-0.39, 0.29) is 31.1 Å². The number of imide groups is 1. The van der Waals surface area contributed by atoms with Gasteiger partial charge in [-0.2, -0.15) is 0 Å². The summed E-state index contributed by atoms with van der Waals surface area (Å²) in [6.07, 6.45) is 8.86. The van der Waals surface area contributed by atoms with Crippen molar-refractivity contribution in [2.45, 2.75) is 32.1 Å². The number of ether oxygens (including phenoxy) is 1. The maximum atomic E-state index is 11.6. The third kappa shape index (κ3) is 3.33. The molecule has 3 aliphatic rings. The Balaban J connectivity index is 1.34. The molecule has 7 nitrogen and oxygen atoms in total. The molecule has 7 heteroatoms. The second-order valence-electron chi connectivity index (χ2n) is 5.96. The molecule has 3 rings (SSSR count). The Bertz CT molecular complexity index is 592. The molecule has 1 saturated heterocycles. The van der Waals surface area contributed by atoms with Crippen molar-refractivity contribution in [1.82, 2.24) is 5.06 Å². The molecule has 2 amide bonds. The topological polar surface area (TPSA) is 90.0 Å². The van der Waals surface area contributed by atoms with Crippen LogP contribution >= 0.6 is 0 Å². The first-order valence-electron chi connectivity index (χ1n) is 7.59. The number of nitrogens with zero attached hydrogens (tertiary/aromatic N) is 1. The van der Waals surface area contributed by atoms with Crippen molar-refractivity contribution in [2.75, 3.05) is 6.61 Å². The number of rotatable bonds is 6. The monoisotopic (exact) mass is 319 g/mol. The Morgan fingerprint density at radius 3 is 2.35 bits per heavy atom. The molecule has 1 aliphatic heterocycles. The van der Waals surface area contributed by atoms with Crippen LogP contribution in [0, 0.1) is 11.3 Å². The highest BCUT2D eigenvalue weighted by Gasteiger charge is 2.51. The molecule has 23 heavy (non-hydrogen) atoms. The minimum absolute atomic E-state index is 0.0419. The Kier molecular flexibility index (Phi) is 4.02. The third-order valence-corrected chi connectivity index (χ3v) is 4.30. The van der Waals surface area contributed by atoms with Crippen molar-refractivity contribution in [3.05, 3.63) is 24.3 Å². The fourth-order valence-electron chi connectivity index (χ4n) is 2.79. The van der Waals surface area contributed by atoms with Crippen LogP contribution in [0.4, 0.5) is 0 Å². The van der Waals surface area contributed by atoms with Gasteiger partial charge >= 0.3 is 11.9 Å². The van der Waals surface area contributed by atoms with Crippen LogP contribution in [0.3, 0.4) is 0 Å². The zero-order chi connectivity index (χ0) is 16.4. The summed E-state index contributed by atoms with van der Waals surface area (Å²) in [6.45, 7) is 0.325. The van der Waals surface area contributed by atoms with Crippen molar-refractivity contribution < 1.29 is 28.8 Å². The summed E-state index contributed by atoms with van der Waals surface area (Å²) < 4.78 is 5.15. The molecule has 122 valence electrons. The molecule has 0 bridgehead atoms. The van der Waals surface area contributed by atoms with E-state index in [9.17, 15) is 19.2 Å². The zero-order valence-corrected chi connectivity index (χ0v) is 12.5. The van der Waals surface area contributed by atoms with Crippen molar-refractivity contribution in [1.29, 1.82) is 0 Å². The minimum atomic E-state index is -0.796. The van der Waals surface area contributed by atoms with E-state index < -0.39 is 23.8 Å². The summed E-state index contributed by atoms with van der Waals surface area (Å²) in [5.74, 6) is -2.07. The van der Waals surface area contributed by atoms with E-state index in [1.165, 1.54) is 0 Å². The van der Waals surface area contributed by atoms with Gasteiger partial charge in [-0.15, -0.1) is 5.06 Å². The molecule has 0 aromatic carbocycles. The van der Waals surface area contributed by atoms with E-state index in [1.807, 2.05) is 12.2 Å². The van der Waals surface area contributed by atoms with Crippen molar-refractivity contribution in [3.63, 3.8) is 0 Å². The quantitative estimate of drug-likeness (QED) is 0.537. The number of carbonyl (C=O) groups is 4. The van der Waals surface area contributed by atoms with Crippen molar-refractivity contribution >= 4 is 23.8 Å². The van der Waals surface area contributed by atoms with Crippen LogP contribution in [0.2, 0.25) is 0 Å². The van der Waals surface area contributed by atoms with Crippen LogP contribution in [-0.2, 0) is 28.8 Å². The molecule has 0 aromatic heterocycles. The summed E-state index contributed by atoms with van der Waals surface area (Å²) in [6, 6.07) is 0. The lowest BCUT2D eigenvalue weighted by molar-refractivity contribution is -0.197. The van der Waals surface area contributed by atoms with Gasteiger partial charge in [-0.05, 0) is 6.42 Å². The predicted molar refractivity (Wildman–Crippen MR) is 76.2 cm³/mol. The van der Waals surface area contributed by atoms with E-state index in [0.717, 1.165) is 6.42 Å². The first-order valence-corrected chi connectivity index (χ1v) is 7.59. The normalized spacial score (nSPS) is 23.7. The van der Waals surface area contributed by atoms with Gasteiger partial charge in [-0.1, -0.05) is 24.3 Å². The van der Waals surface area contributed by atoms with Crippen LogP contribution < -0.4 is 0 Å². The first kappa shape index (κ1) is 15.5. The maximum absolute atomic E-state index is 11.6. The van der Waals surface area contributed by atoms with E-state index >= 15 is 0 Å². The molecule has 0 N–H and O–H groups in total. The maximum Gasteiger partial charge on any atom is 0.333 e. The standard InChI is InChI=1S/C16H17NO6/c18-12-3-4-13(19)17(12)23-15(21)6-5-14(20)22-10-11-9-16(11)7-1-2-8-16/h1-2,7-8,11H,3-6,9-10H2. The molecule has 1 spiro atoms. The van der Waals surface area contributed by atoms with E-state index in [0.29, 0.717) is 17.6 Å². The fourth-order valence-corrected chi connectivity index (χ4v) is 2.79. The van der Waals surface area contributed by atoms with Gasteiger partial charge in [0.2, 0.25) is 0 Å². The van der Waals surface area contributed by atoms with Gasteiger partial charge in [0.05, 0.1) is 19.4 Å². The largest absolute Gasteiger partial charge is 0.465 e. The van der Waals surface area contributed by atoms with Gasteiger partial charge in [-0.25, -0.2) is 4.79 Å². The highest BCUT2D eigenvalue weighted by atomic mass is 16.7. The SMILES string of the molecule is O=C(CCC(=O)ON1C(=O)CCC1=O)OCC1CC12C=CC=C2. The van der Waals surface area contributed by atoms with Gasteiger partial charge in [0.1, 0.15) is 0 Å². The van der Waals surface area contributed by atoms with E-state index in [2.05, 4.69) is 17.0 Å². The Morgan fingerprint density at radius 2 is 1.70 bits per heavy atom. The van der Waals surface area contributed by atoms with E-state index in [4.69, 9.17) is 4.74 Å². The average Bonchev–Trinajstić information content (AvgIpc) is 2.81. The van der Waals surface area contributed by atoms with Gasteiger partial charge in [0, 0.05) is 24.2 Å². The van der Waals surface area contributed by atoms with Gasteiger partial charge in [0.15, 0.2) is 0 Å². The molecule has 1 saturated carbocycles. The van der Waals surface area contributed by atoms with Gasteiger partial charge in [0.25, 0.3) is 11.8 Å². The van der Waals surface area contributed by atoms with Crippen LogP contribution in [0.15, 0.2) is 24.3 Å². The molecule has 1 atom stereocenters. The summed E-state index contributed by atoms with van der Waals surface area (Å²) >= 11 is 0. The summed E-state index contributed by atoms with van der Waals surface area (Å²) in [5.41, 5.74) is 0.0652. The fraction of sp³-hybridized carbons (Fsp3) is 0.500. The molecular formula is C16H17NO6. The minimum Gasteiger partial charge on any atom is -0.465 e. The van der Waals surface area contributed by atoms with Gasteiger partial charge in [-0.3, -0.25) is 14.4 Å². The highest BCUT2D eigenvalue weighted by Crippen LogP contribution is 2.56. The third-order valence-electron chi connectivity index (χ3n) is 4.30. The van der Waals surface area contributed by atoms with Crippen molar-refractivity contribution in [2.24, 2.45) is 11.3 Å². The lowest BCUT2D eigenvalue weighted by Crippen LogP contribution is -2.32. The highest BCUT2D eigenvalue weighted by molar-refractivity contribution is 6.01. The number of esters is 1. The lowest BCUT2D eigenvalue weighted by atomic mass is 10.1. The molecule has 1 heterocycles. The predicted octanol–water partition coefficient (Wildman–Crippen LogP) is 1.05. The summed E-state index contributed by atoms with van der Waals surface area (Å²) in [5, 5.41) is 0.473. The second-order valence-corrected chi connectivity index (χ2v) is 5.96. The Morgan fingerprint density at radius 1 is 1.09 bits per heavy atom. The number of hydrogen-bond acceptors (Lipinski definition) is 6. The number of carbonyl (C=O) groups excluding carboxylic acids is 4. The van der Waals surface area contributed by atoms with Crippen LogP contribution in [-0.4, -0.2) is 35.4 Å². The summed E-state index contributed by atoms with van der Waals surface area (Å²) in [7, 11) is 0. The summed E-state index contributed by atoms with van der Waals surface area (Å²) in [4.78, 5) is 50.4. The number of amides is 2. The molecule has 2 aliphatic carbocycles. The number of allylic oxidation sites excluding steroid dienone is 4. The van der Waals surface area contributed by atoms with E-state index in [1.54, 1.807) is 0 Å². The first-order chi connectivity index (χ1) is 11.0. The molecular weight excluding hydrogens is 302 g/mol.